The van der Waals surface area contributed by atoms with Crippen LogP contribution in [-0.2, 0) is 16.0 Å². The largest absolute Gasteiger partial charge is 0.480 e. The zero-order valence-corrected chi connectivity index (χ0v) is 13.4. The number of aliphatic carboxylic acids is 1. The van der Waals surface area contributed by atoms with Crippen LogP contribution in [0.5, 0.6) is 0 Å². The Labute approximate surface area is 136 Å². The van der Waals surface area contributed by atoms with Crippen molar-refractivity contribution >= 4 is 17.7 Å². The van der Waals surface area contributed by atoms with Crippen molar-refractivity contribution in [3.05, 3.63) is 35.4 Å². The van der Waals surface area contributed by atoms with Crippen molar-refractivity contribution < 1.29 is 19.5 Å². The Morgan fingerprint density at radius 2 is 1.70 bits per heavy atom. The summed E-state index contributed by atoms with van der Waals surface area (Å²) in [5.41, 5.74) is 0.607. The van der Waals surface area contributed by atoms with Crippen molar-refractivity contribution in [3.8, 4) is 0 Å². The summed E-state index contributed by atoms with van der Waals surface area (Å²) < 4.78 is 0. The number of Topliss-reactive ketones (excluding diaryl/α,β-unsaturated/α-hetero) is 1. The van der Waals surface area contributed by atoms with Gasteiger partial charge in [0.05, 0.1) is 0 Å². The predicted octanol–water partition coefficient (Wildman–Crippen LogP) is 2.73. The van der Waals surface area contributed by atoms with Gasteiger partial charge in [-0.05, 0) is 24.8 Å². The molecule has 1 fully saturated rings. The lowest BCUT2D eigenvalue weighted by atomic mass is 9.97. The summed E-state index contributed by atoms with van der Waals surface area (Å²) in [7, 11) is 0. The molecule has 5 heteroatoms. The average molecular weight is 317 g/mol. The van der Waals surface area contributed by atoms with Crippen LogP contribution in [0.2, 0.25) is 0 Å². The van der Waals surface area contributed by atoms with E-state index < -0.39 is 11.5 Å². The summed E-state index contributed by atoms with van der Waals surface area (Å²) in [4.78, 5) is 35.5. The summed E-state index contributed by atoms with van der Waals surface area (Å²) in [6.45, 7) is 2.04. The first-order valence-corrected chi connectivity index (χ1v) is 8.13. The fourth-order valence-electron chi connectivity index (χ4n) is 3.00. The normalized spacial score (nSPS) is 16.0. The number of hydrogen-bond donors (Lipinski definition) is 2. The second-order valence-electron chi connectivity index (χ2n) is 6.12. The minimum atomic E-state index is -1.14. The fraction of sp³-hybridized carbons (Fsp3) is 0.500. The van der Waals surface area contributed by atoms with Crippen LogP contribution in [0.1, 0.15) is 61.4 Å². The number of hydrogen-bond acceptors (Lipinski definition) is 3. The highest BCUT2D eigenvalue weighted by Crippen LogP contribution is 2.30. The fourth-order valence-corrected chi connectivity index (χ4v) is 3.00. The van der Waals surface area contributed by atoms with Gasteiger partial charge in [-0.1, -0.05) is 44.0 Å². The standard InChI is InChI=1S/C18H23NO4/c1-2-13-5-7-14(8-6-13)15(20)9-10-16(21)19-18(17(22)23)11-3-4-12-18/h5-8H,2-4,9-12H2,1H3,(H,19,21)(H,22,23). The van der Waals surface area contributed by atoms with Gasteiger partial charge in [-0.15, -0.1) is 0 Å². The van der Waals surface area contributed by atoms with E-state index in [-0.39, 0.29) is 24.5 Å². The third kappa shape index (κ3) is 4.18. The van der Waals surface area contributed by atoms with E-state index in [0.717, 1.165) is 24.8 Å². The lowest BCUT2D eigenvalue weighted by Gasteiger charge is -2.25. The Hall–Kier alpha value is -2.17. The number of benzene rings is 1. The summed E-state index contributed by atoms with van der Waals surface area (Å²) in [6.07, 6.45) is 3.54. The van der Waals surface area contributed by atoms with Gasteiger partial charge in [0.15, 0.2) is 5.78 Å². The number of nitrogens with one attached hydrogen (secondary N) is 1. The summed E-state index contributed by atoms with van der Waals surface area (Å²) in [5, 5.41) is 12.0. The van der Waals surface area contributed by atoms with Crippen molar-refractivity contribution in [1.29, 1.82) is 0 Å². The smallest absolute Gasteiger partial charge is 0.329 e. The van der Waals surface area contributed by atoms with Crippen LogP contribution in [0.3, 0.4) is 0 Å². The third-order valence-corrected chi connectivity index (χ3v) is 4.51. The molecular weight excluding hydrogens is 294 g/mol. The lowest BCUT2D eigenvalue weighted by molar-refractivity contribution is -0.147. The Kier molecular flexibility index (Phi) is 5.53. The van der Waals surface area contributed by atoms with Gasteiger partial charge in [-0.2, -0.15) is 0 Å². The molecule has 0 atom stereocenters. The molecule has 5 nitrogen and oxygen atoms in total. The van der Waals surface area contributed by atoms with E-state index in [4.69, 9.17) is 0 Å². The van der Waals surface area contributed by atoms with Gasteiger partial charge in [0, 0.05) is 18.4 Å². The maximum Gasteiger partial charge on any atom is 0.329 e. The van der Waals surface area contributed by atoms with Crippen molar-refractivity contribution in [2.45, 2.75) is 57.4 Å². The molecule has 2 N–H and O–H groups in total. The first-order chi connectivity index (χ1) is 11.0. The van der Waals surface area contributed by atoms with Crippen LogP contribution in [0.25, 0.3) is 0 Å². The van der Waals surface area contributed by atoms with Gasteiger partial charge in [-0.25, -0.2) is 4.79 Å². The van der Waals surface area contributed by atoms with Crippen LogP contribution in [0.15, 0.2) is 24.3 Å². The maximum atomic E-state index is 12.1. The van der Waals surface area contributed by atoms with Gasteiger partial charge in [0.25, 0.3) is 0 Å². The Morgan fingerprint density at radius 1 is 1.09 bits per heavy atom. The summed E-state index contributed by atoms with van der Waals surface area (Å²) in [6, 6.07) is 7.36. The van der Waals surface area contributed by atoms with Crippen molar-refractivity contribution in [1.82, 2.24) is 5.32 Å². The molecule has 0 aliphatic heterocycles. The molecule has 0 saturated heterocycles. The van der Waals surface area contributed by atoms with Crippen molar-refractivity contribution in [2.75, 3.05) is 0 Å². The predicted molar refractivity (Wildman–Crippen MR) is 86.4 cm³/mol. The number of carbonyl (C=O) groups is 3. The van der Waals surface area contributed by atoms with Crippen LogP contribution in [-0.4, -0.2) is 28.3 Å². The zero-order chi connectivity index (χ0) is 16.9. The lowest BCUT2D eigenvalue weighted by Crippen LogP contribution is -2.52. The minimum Gasteiger partial charge on any atom is -0.480 e. The maximum absolute atomic E-state index is 12.1. The molecule has 1 aliphatic carbocycles. The van der Waals surface area contributed by atoms with Crippen LogP contribution in [0, 0.1) is 0 Å². The average Bonchev–Trinajstić information content (AvgIpc) is 3.02. The highest BCUT2D eigenvalue weighted by molar-refractivity contribution is 5.98. The number of carbonyl (C=O) groups excluding carboxylic acids is 2. The first kappa shape index (κ1) is 17.2. The second-order valence-corrected chi connectivity index (χ2v) is 6.12. The van der Waals surface area contributed by atoms with Crippen molar-refractivity contribution in [3.63, 3.8) is 0 Å². The van der Waals surface area contributed by atoms with E-state index in [2.05, 4.69) is 5.32 Å². The van der Waals surface area contributed by atoms with E-state index in [1.54, 1.807) is 12.1 Å². The topological polar surface area (TPSA) is 83.5 Å². The molecule has 1 aromatic carbocycles. The molecule has 0 heterocycles. The van der Waals surface area contributed by atoms with Gasteiger partial charge in [0.1, 0.15) is 5.54 Å². The Morgan fingerprint density at radius 3 is 2.22 bits per heavy atom. The minimum absolute atomic E-state index is 0.0173. The molecule has 1 aliphatic rings. The molecule has 0 bridgehead atoms. The highest BCUT2D eigenvalue weighted by atomic mass is 16.4. The van der Waals surface area contributed by atoms with E-state index >= 15 is 0 Å². The van der Waals surface area contributed by atoms with E-state index in [0.29, 0.717) is 18.4 Å². The van der Waals surface area contributed by atoms with Gasteiger partial charge >= 0.3 is 5.97 Å². The molecule has 0 unspecified atom stereocenters. The summed E-state index contributed by atoms with van der Waals surface area (Å²) >= 11 is 0. The Balaban J connectivity index is 1.88. The van der Waals surface area contributed by atoms with Crippen LogP contribution < -0.4 is 5.32 Å². The Bertz CT molecular complexity index is 586. The number of aryl methyl sites for hydroxylation is 1. The number of rotatable bonds is 7. The monoisotopic (exact) mass is 317 g/mol. The third-order valence-electron chi connectivity index (χ3n) is 4.51. The highest BCUT2D eigenvalue weighted by Gasteiger charge is 2.42. The molecule has 2 rings (SSSR count). The van der Waals surface area contributed by atoms with E-state index in [1.807, 2.05) is 19.1 Å². The zero-order valence-electron chi connectivity index (χ0n) is 13.4. The second kappa shape index (κ2) is 7.40. The molecule has 0 spiro atoms. The molecular formula is C18H23NO4. The number of ketones is 1. The van der Waals surface area contributed by atoms with Crippen molar-refractivity contribution in [2.24, 2.45) is 0 Å². The van der Waals surface area contributed by atoms with Gasteiger partial charge < -0.3 is 10.4 Å². The van der Waals surface area contributed by atoms with Gasteiger partial charge in [-0.3, -0.25) is 9.59 Å². The summed E-state index contributed by atoms with van der Waals surface area (Å²) in [5.74, 6) is -1.45. The van der Waals surface area contributed by atoms with E-state index in [9.17, 15) is 19.5 Å². The molecule has 23 heavy (non-hydrogen) atoms. The molecule has 0 radical (unpaired) electrons. The molecule has 1 amide bonds. The molecule has 1 aromatic rings. The molecule has 0 aromatic heterocycles. The number of carboxylic acids is 1. The van der Waals surface area contributed by atoms with Gasteiger partial charge in [0.2, 0.25) is 5.91 Å². The van der Waals surface area contributed by atoms with E-state index in [1.165, 1.54) is 0 Å². The van der Waals surface area contributed by atoms with Crippen LogP contribution in [0.4, 0.5) is 0 Å². The quantitative estimate of drug-likeness (QED) is 0.757. The molecule has 124 valence electrons. The number of amides is 1. The first-order valence-electron chi connectivity index (χ1n) is 8.13. The van der Waals surface area contributed by atoms with Crippen LogP contribution >= 0.6 is 0 Å². The number of carboxylic acid groups (broad SMARTS) is 1. The molecule has 1 saturated carbocycles. The SMILES string of the molecule is CCc1ccc(C(=O)CCC(=O)NC2(C(=O)O)CCCC2)cc1.